The van der Waals surface area contributed by atoms with E-state index in [4.69, 9.17) is 22.1 Å². The fraction of sp³-hybridized carbons (Fsp3) is 0.350. The molecule has 0 spiro atoms. The molecule has 3 heterocycles. The molecule has 1 saturated heterocycles. The number of carbonyl (C=O) groups is 1. The van der Waals surface area contributed by atoms with Crippen molar-refractivity contribution in [2.45, 2.75) is 13.5 Å². The van der Waals surface area contributed by atoms with Crippen molar-refractivity contribution in [2.24, 2.45) is 0 Å². The highest BCUT2D eigenvalue weighted by atomic mass is 35.5. The molecule has 0 unspecified atom stereocenters. The van der Waals surface area contributed by atoms with Crippen LogP contribution >= 0.6 is 11.6 Å². The normalized spacial score (nSPS) is 14.4. The van der Waals surface area contributed by atoms with E-state index in [1.54, 1.807) is 11.8 Å². The van der Waals surface area contributed by atoms with Gasteiger partial charge < -0.3 is 20.3 Å². The van der Waals surface area contributed by atoms with E-state index in [9.17, 15) is 4.79 Å². The summed E-state index contributed by atoms with van der Waals surface area (Å²) in [6, 6.07) is 9.49. The van der Waals surface area contributed by atoms with Crippen LogP contribution in [-0.4, -0.2) is 58.9 Å². The van der Waals surface area contributed by atoms with Crippen LogP contribution in [0.4, 0.5) is 11.5 Å². The van der Waals surface area contributed by atoms with Crippen LogP contribution in [0.25, 0.3) is 11.0 Å². The minimum Gasteiger partial charge on any atom is -0.495 e. The third-order valence-electron chi connectivity index (χ3n) is 5.18. The first-order chi connectivity index (χ1) is 14.0. The van der Waals surface area contributed by atoms with Gasteiger partial charge >= 0.3 is 0 Å². The summed E-state index contributed by atoms with van der Waals surface area (Å²) < 4.78 is 6.89. The van der Waals surface area contributed by atoms with Gasteiger partial charge in [-0.2, -0.15) is 5.10 Å². The van der Waals surface area contributed by atoms with Gasteiger partial charge in [0.15, 0.2) is 11.5 Å². The molecule has 1 aliphatic heterocycles. The molecule has 4 rings (SSSR count). The van der Waals surface area contributed by atoms with Crippen molar-refractivity contribution in [2.75, 3.05) is 43.9 Å². The van der Waals surface area contributed by atoms with Gasteiger partial charge in [0.25, 0.3) is 0 Å². The maximum atomic E-state index is 12.8. The number of hydrogen-bond donors (Lipinski definition) is 1. The summed E-state index contributed by atoms with van der Waals surface area (Å²) in [5.41, 5.74) is 8.51. The summed E-state index contributed by atoms with van der Waals surface area (Å²) in [5, 5.41) is 5.65. The van der Waals surface area contributed by atoms with E-state index < -0.39 is 0 Å². The zero-order valence-corrected chi connectivity index (χ0v) is 17.2. The second-order valence-electron chi connectivity index (χ2n) is 7.05. The minimum atomic E-state index is 0.00560. The molecule has 0 bridgehead atoms. The third-order valence-corrected chi connectivity index (χ3v) is 5.49. The van der Waals surface area contributed by atoms with Gasteiger partial charge in [0.1, 0.15) is 12.3 Å². The fourth-order valence-electron chi connectivity index (χ4n) is 3.57. The molecule has 152 valence electrons. The van der Waals surface area contributed by atoms with Gasteiger partial charge in [-0.15, -0.1) is 0 Å². The number of fused-ring (bicyclic) bond motifs is 1. The Balaban J connectivity index is 1.43. The first-order valence-corrected chi connectivity index (χ1v) is 9.80. The van der Waals surface area contributed by atoms with E-state index in [1.165, 1.54) is 0 Å². The molecule has 0 atom stereocenters. The number of ether oxygens (including phenoxy) is 1. The summed E-state index contributed by atoms with van der Waals surface area (Å²) in [7, 11) is 1.60. The summed E-state index contributed by atoms with van der Waals surface area (Å²) in [6.07, 6.45) is 0. The number of nitrogens with two attached hydrogens (primary N) is 1. The van der Waals surface area contributed by atoms with Crippen LogP contribution in [0.3, 0.4) is 0 Å². The average Bonchev–Trinajstić information content (AvgIpc) is 3.03. The molecule has 1 aromatic carbocycles. The van der Waals surface area contributed by atoms with Crippen LogP contribution in [0.1, 0.15) is 5.69 Å². The number of hydrogen-bond acceptors (Lipinski definition) is 6. The van der Waals surface area contributed by atoms with E-state index in [0.29, 0.717) is 35.3 Å². The number of carbonyl (C=O) groups excluding carboxylic acids is 1. The number of nitrogen functional groups attached to an aromatic ring is 1. The molecule has 8 nitrogen and oxygen atoms in total. The van der Waals surface area contributed by atoms with Crippen molar-refractivity contribution in [3.05, 3.63) is 41.0 Å². The molecule has 3 aromatic rings. The molecule has 9 heteroatoms. The Kier molecular flexibility index (Phi) is 5.19. The average molecular weight is 415 g/mol. The van der Waals surface area contributed by atoms with Crippen molar-refractivity contribution < 1.29 is 9.53 Å². The third kappa shape index (κ3) is 3.80. The van der Waals surface area contributed by atoms with Gasteiger partial charge in [-0.3, -0.25) is 4.79 Å². The Labute approximate surface area is 173 Å². The first kappa shape index (κ1) is 19.3. The zero-order valence-electron chi connectivity index (χ0n) is 16.4. The predicted octanol–water partition coefficient (Wildman–Crippen LogP) is 2.33. The summed E-state index contributed by atoms with van der Waals surface area (Å²) in [6.45, 7) is 4.75. The van der Waals surface area contributed by atoms with Gasteiger partial charge in [0.2, 0.25) is 5.91 Å². The number of rotatable bonds is 4. The van der Waals surface area contributed by atoms with E-state index >= 15 is 0 Å². The first-order valence-electron chi connectivity index (χ1n) is 9.42. The number of piperazine rings is 1. The standard InChI is InChI=1S/C20H23ClN6O2/c1-13-3-5-15-19(22)24-27(20(15)23-13)12-18(28)26-9-7-25(8-10-26)14-4-6-16(21)17(11-14)29-2/h3-6,11H,7-10,12H2,1-2H3,(H2,22,24). The lowest BCUT2D eigenvalue weighted by Crippen LogP contribution is -2.49. The van der Waals surface area contributed by atoms with Crippen LogP contribution in [-0.2, 0) is 11.3 Å². The number of aromatic nitrogens is 3. The van der Waals surface area contributed by atoms with Gasteiger partial charge in [0.05, 0.1) is 17.5 Å². The molecule has 1 aliphatic rings. The summed E-state index contributed by atoms with van der Waals surface area (Å²) in [5.74, 6) is 1.04. The summed E-state index contributed by atoms with van der Waals surface area (Å²) in [4.78, 5) is 21.4. The largest absolute Gasteiger partial charge is 0.495 e. The number of anilines is 2. The van der Waals surface area contributed by atoms with E-state index in [1.807, 2.05) is 42.2 Å². The predicted molar refractivity (Wildman–Crippen MR) is 113 cm³/mol. The van der Waals surface area contributed by atoms with Crippen molar-refractivity contribution in [1.82, 2.24) is 19.7 Å². The van der Waals surface area contributed by atoms with Crippen molar-refractivity contribution >= 4 is 40.0 Å². The molecule has 0 aliphatic carbocycles. The highest BCUT2D eigenvalue weighted by molar-refractivity contribution is 6.32. The van der Waals surface area contributed by atoms with Crippen LogP contribution in [0.15, 0.2) is 30.3 Å². The SMILES string of the molecule is COc1cc(N2CCN(C(=O)Cn3nc(N)c4ccc(C)nc43)CC2)ccc1Cl. The Morgan fingerprint density at radius 1 is 1.21 bits per heavy atom. The molecule has 1 amide bonds. The van der Waals surface area contributed by atoms with Crippen LogP contribution in [0.5, 0.6) is 5.75 Å². The van der Waals surface area contributed by atoms with Crippen LogP contribution in [0, 0.1) is 6.92 Å². The molecule has 0 saturated carbocycles. The fourth-order valence-corrected chi connectivity index (χ4v) is 3.76. The van der Waals surface area contributed by atoms with Crippen molar-refractivity contribution in [3.63, 3.8) is 0 Å². The van der Waals surface area contributed by atoms with Gasteiger partial charge in [-0.05, 0) is 31.2 Å². The lowest BCUT2D eigenvalue weighted by molar-refractivity contribution is -0.132. The Morgan fingerprint density at radius 3 is 2.69 bits per heavy atom. The highest BCUT2D eigenvalue weighted by Crippen LogP contribution is 2.30. The molecule has 2 N–H and O–H groups in total. The van der Waals surface area contributed by atoms with Gasteiger partial charge in [-0.25, -0.2) is 9.67 Å². The zero-order chi connectivity index (χ0) is 20.5. The smallest absolute Gasteiger partial charge is 0.244 e. The molecular formula is C20H23ClN6O2. The Morgan fingerprint density at radius 2 is 1.97 bits per heavy atom. The quantitative estimate of drug-likeness (QED) is 0.704. The molecular weight excluding hydrogens is 392 g/mol. The highest BCUT2D eigenvalue weighted by Gasteiger charge is 2.23. The van der Waals surface area contributed by atoms with Crippen molar-refractivity contribution in [3.8, 4) is 5.75 Å². The van der Waals surface area contributed by atoms with E-state index in [0.717, 1.165) is 29.9 Å². The lowest BCUT2D eigenvalue weighted by atomic mass is 10.2. The number of benzene rings is 1. The number of pyridine rings is 1. The minimum absolute atomic E-state index is 0.00560. The van der Waals surface area contributed by atoms with Crippen LogP contribution in [0.2, 0.25) is 5.02 Å². The topological polar surface area (TPSA) is 89.5 Å². The van der Waals surface area contributed by atoms with Gasteiger partial charge in [-0.1, -0.05) is 11.6 Å². The second kappa shape index (κ2) is 7.79. The number of halogens is 1. The van der Waals surface area contributed by atoms with Crippen LogP contribution < -0.4 is 15.4 Å². The summed E-state index contributed by atoms with van der Waals surface area (Å²) >= 11 is 6.11. The Bertz CT molecular complexity index is 1060. The lowest BCUT2D eigenvalue weighted by Gasteiger charge is -2.36. The van der Waals surface area contributed by atoms with Gasteiger partial charge in [0, 0.05) is 43.6 Å². The Hall–Kier alpha value is -3.00. The second-order valence-corrected chi connectivity index (χ2v) is 7.46. The molecule has 2 aromatic heterocycles. The number of methoxy groups -OCH3 is 1. The number of aryl methyl sites for hydroxylation is 1. The maximum Gasteiger partial charge on any atom is 0.244 e. The number of amides is 1. The van der Waals surface area contributed by atoms with Crippen molar-refractivity contribution in [1.29, 1.82) is 0 Å². The number of nitrogens with zero attached hydrogens (tertiary/aromatic N) is 5. The molecule has 0 radical (unpaired) electrons. The molecule has 29 heavy (non-hydrogen) atoms. The van der Waals surface area contributed by atoms with E-state index in [-0.39, 0.29) is 12.5 Å². The maximum absolute atomic E-state index is 12.8. The monoisotopic (exact) mass is 414 g/mol. The van der Waals surface area contributed by atoms with E-state index in [2.05, 4.69) is 15.0 Å². The molecule has 1 fully saturated rings.